The number of benzene rings is 12. The minimum Gasteiger partial charge on any atom is -0.308 e. The Kier molecular flexibility index (Phi) is 14.2. The highest BCUT2D eigenvalue weighted by molar-refractivity contribution is 6.14. The molecule has 102 heavy (non-hydrogen) atoms. The van der Waals surface area contributed by atoms with Crippen LogP contribution in [-0.4, -0.2) is 38.2 Å². The second-order valence-electron chi connectivity index (χ2n) is 28.0. The summed E-state index contributed by atoms with van der Waals surface area (Å²) in [5.41, 5.74) is 29.1. The summed E-state index contributed by atoms with van der Waals surface area (Å²) < 4.78 is 9.16. The van der Waals surface area contributed by atoms with Crippen molar-refractivity contribution in [2.45, 2.75) is 68.7 Å². The third-order valence-corrected chi connectivity index (χ3v) is 20.7. The Bertz CT molecular complexity index is 6520. The molecular formula is C92H68N10. The smallest absolute Gasteiger partial charge is 0.160 e. The Morgan fingerprint density at radius 2 is 0.627 bits per heavy atom. The van der Waals surface area contributed by atoms with Crippen LogP contribution in [0.25, 0.3) is 155 Å². The number of aryl methyl sites for hydroxylation is 9. The number of hydrogen-bond acceptors (Lipinski definition) is 6. The van der Waals surface area contributed by atoms with Crippen molar-refractivity contribution in [2.24, 2.45) is 0 Å². The predicted octanol–water partition coefficient (Wildman–Crippen LogP) is 22.4. The molecule has 0 N–H and O–H groups in total. The maximum Gasteiger partial charge on any atom is 0.160 e. The lowest BCUT2D eigenvalue weighted by Gasteiger charge is -2.19. The zero-order valence-corrected chi connectivity index (χ0v) is 58.2. The van der Waals surface area contributed by atoms with E-state index in [-0.39, 0.29) is 0 Å². The van der Waals surface area contributed by atoms with Gasteiger partial charge < -0.3 is 18.3 Å². The van der Waals surface area contributed by atoms with Gasteiger partial charge >= 0.3 is 0 Å². The van der Waals surface area contributed by atoms with Crippen molar-refractivity contribution >= 4 is 87.2 Å². The summed E-state index contributed by atoms with van der Waals surface area (Å²) >= 11 is 0. The molecule has 0 aliphatic carbocycles. The van der Waals surface area contributed by atoms with E-state index in [0.717, 1.165) is 200 Å². The molecule has 0 saturated heterocycles. The van der Waals surface area contributed by atoms with E-state index in [1.807, 2.05) is 56.3 Å². The van der Waals surface area contributed by atoms with Crippen LogP contribution in [0.15, 0.2) is 237 Å². The fraction of sp³-hybridized carbons (Fsp3) is 0.109. The number of nitrogens with zero attached hydrogens (tertiary/aromatic N) is 10. The highest BCUT2D eigenvalue weighted by Crippen LogP contribution is 2.45. The lowest BCUT2D eigenvalue weighted by Crippen LogP contribution is -2.06. The van der Waals surface area contributed by atoms with Crippen molar-refractivity contribution in [1.29, 1.82) is 10.5 Å². The fourth-order valence-corrected chi connectivity index (χ4v) is 15.9. The molecule has 0 bridgehead atoms. The second-order valence-corrected chi connectivity index (χ2v) is 28.0. The topological polar surface area (TPSA) is 119 Å². The molecule has 6 heterocycles. The third kappa shape index (κ3) is 9.97. The van der Waals surface area contributed by atoms with E-state index in [2.05, 4.69) is 273 Å². The van der Waals surface area contributed by atoms with E-state index in [1.165, 1.54) is 5.56 Å². The molecule has 10 nitrogen and oxygen atoms in total. The number of nitriles is 2. The van der Waals surface area contributed by atoms with E-state index < -0.39 is 0 Å². The van der Waals surface area contributed by atoms with E-state index >= 15 is 0 Å². The van der Waals surface area contributed by atoms with Crippen LogP contribution in [0.2, 0.25) is 0 Å². The van der Waals surface area contributed by atoms with Gasteiger partial charge in [0.25, 0.3) is 0 Å². The lowest BCUT2D eigenvalue weighted by atomic mass is 9.96. The first-order chi connectivity index (χ1) is 49.6. The molecular weight excluding hydrogens is 1250 g/mol. The molecule has 0 saturated carbocycles. The molecule has 0 amide bonds. The molecule has 0 fully saturated rings. The van der Waals surface area contributed by atoms with Crippen LogP contribution in [0.5, 0.6) is 0 Å². The van der Waals surface area contributed by atoms with Crippen LogP contribution in [0.1, 0.15) is 72.6 Å². The van der Waals surface area contributed by atoms with E-state index in [9.17, 15) is 10.5 Å². The summed E-state index contributed by atoms with van der Waals surface area (Å²) in [6, 6.07) is 90.1. The molecule has 6 aromatic heterocycles. The molecule has 486 valence electrons. The molecule has 0 spiro atoms. The Morgan fingerprint density at radius 1 is 0.284 bits per heavy atom. The maximum absolute atomic E-state index is 12.0. The number of hydrogen-bond donors (Lipinski definition) is 0. The molecule has 0 aliphatic rings. The highest BCUT2D eigenvalue weighted by Gasteiger charge is 2.28. The monoisotopic (exact) mass is 1310 g/mol. The predicted molar refractivity (Wildman–Crippen MR) is 418 cm³/mol. The van der Waals surface area contributed by atoms with Gasteiger partial charge in [0.1, 0.15) is 23.3 Å². The van der Waals surface area contributed by atoms with Gasteiger partial charge in [-0.25, -0.2) is 19.9 Å². The lowest BCUT2D eigenvalue weighted by molar-refractivity contribution is 1.05. The normalized spacial score (nSPS) is 11.8. The van der Waals surface area contributed by atoms with E-state index in [1.54, 1.807) is 0 Å². The Morgan fingerprint density at radius 3 is 1.05 bits per heavy atom. The summed E-state index contributed by atoms with van der Waals surface area (Å²) in [5, 5.41) is 32.7. The van der Waals surface area contributed by atoms with Gasteiger partial charge in [-0.2, -0.15) is 10.5 Å². The van der Waals surface area contributed by atoms with Gasteiger partial charge in [-0.1, -0.05) is 138 Å². The summed E-state index contributed by atoms with van der Waals surface area (Å²) in [4.78, 5) is 21.0. The van der Waals surface area contributed by atoms with Crippen LogP contribution in [0.3, 0.4) is 0 Å². The van der Waals surface area contributed by atoms with Gasteiger partial charge in [0.2, 0.25) is 0 Å². The Hall–Kier alpha value is -13.0. The van der Waals surface area contributed by atoms with Gasteiger partial charge in [-0.05, 0) is 217 Å². The molecule has 10 heteroatoms. The van der Waals surface area contributed by atoms with Crippen molar-refractivity contribution in [3.05, 3.63) is 309 Å². The van der Waals surface area contributed by atoms with Crippen LogP contribution in [0, 0.1) is 85.0 Å². The zero-order valence-electron chi connectivity index (χ0n) is 58.2. The van der Waals surface area contributed by atoms with Gasteiger partial charge in [0.15, 0.2) is 11.6 Å². The SMILES string of the molecule is Cc1ccc2c(c1)c1cc(C)ccc1n2-c1cc(-c2nc(-c3ccccc3)cc(-c3ccccc3)n2)cc(-n2c3ccc(C)cc3c3cc(Cc4cc5c6ccc(C)cc6n(-c6cc(-c7nc(C)cc(C)n7)cc(-n7c8cc(C)ccc8c8ccc(C)cc87)c6C#N)c5cc4C)ccc32)c1C#N. The molecule has 0 atom stereocenters. The molecule has 0 unspecified atom stereocenters. The Balaban J connectivity index is 0.835. The van der Waals surface area contributed by atoms with Gasteiger partial charge in [0.05, 0.1) is 78.3 Å². The van der Waals surface area contributed by atoms with Gasteiger partial charge in [-0.3, -0.25) is 0 Å². The number of fused-ring (bicyclic) bond motifs is 12. The maximum atomic E-state index is 12.0. The number of rotatable bonds is 10. The average Bonchev–Trinajstić information content (AvgIpc) is 1.54. The summed E-state index contributed by atoms with van der Waals surface area (Å²) in [5.74, 6) is 1.14. The van der Waals surface area contributed by atoms with Crippen molar-refractivity contribution in [2.75, 3.05) is 0 Å². The molecule has 18 aromatic rings. The standard InChI is InChI=1S/C92H68N10/c1-52-23-30-79-70(34-52)71-35-53(2)24-31-80(71)99(79)87-47-66(92-97-77(62-16-12-10-13-17-62)49-78(98-92)63-18-14-11-15-19-63)48-88(75(87)50-93)100-81-32-25-54(3)36-72(81)73-43-61(26-33-82(73)100)42-64-44-74-69-29-22-57(6)39-85(69)102(86(74)40-58(64)7)90-46-65(91-95-59(8)41-60(9)96-91)45-89(76(90)51-94)101-83-37-55(4)20-27-67(83)68-28-21-56(5)38-84(68)101/h10-41,43-49H,42H2,1-9H3. The molecule has 0 aliphatic heterocycles. The minimum absolute atomic E-state index is 0.517. The van der Waals surface area contributed by atoms with E-state index in [0.29, 0.717) is 29.2 Å². The summed E-state index contributed by atoms with van der Waals surface area (Å²) in [6.45, 7) is 19.0. The second kappa shape index (κ2) is 23.6. The van der Waals surface area contributed by atoms with Crippen molar-refractivity contribution in [3.8, 4) is 80.2 Å². The van der Waals surface area contributed by atoms with Crippen LogP contribution in [-0.2, 0) is 6.42 Å². The van der Waals surface area contributed by atoms with Crippen molar-refractivity contribution in [3.63, 3.8) is 0 Å². The molecule has 12 aromatic carbocycles. The first-order valence-corrected chi connectivity index (χ1v) is 34.7. The van der Waals surface area contributed by atoms with E-state index in [4.69, 9.17) is 19.9 Å². The first kappa shape index (κ1) is 61.3. The van der Waals surface area contributed by atoms with Crippen molar-refractivity contribution in [1.82, 2.24) is 38.2 Å². The van der Waals surface area contributed by atoms with Crippen molar-refractivity contribution < 1.29 is 0 Å². The van der Waals surface area contributed by atoms with Gasteiger partial charge in [-0.15, -0.1) is 0 Å². The van der Waals surface area contributed by atoms with Crippen LogP contribution >= 0.6 is 0 Å². The number of aromatic nitrogens is 8. The minimum atomic E-state index is 0.517. The highest BCUT2D eigenvalue weighted by atomic mass is 15.0. The average molecular weight is 1310 g/mol. The molecule has 0 radical (unpaired) electrons. The zero-order chi connectivity index (χ0) is 69.5. The summed E-state index contributed by atoms with van der Waals surface area (Å²) in [6.07, 6.45) is 0.642. The first-order valence-electron chi connectivity index (χ1n) is 34.7. The fourth-order valence-electron chi connectivity index (χ4n) is 15.9. The van der Waals surface area contributed by atoms with Crippen LogP contribution in [0.4, 0.5) is 0 Å². The summed E-state index contributed by atoms with van der Waals surface area (Å²) in [7, 11) is 0. The largest absolute Gasteiger partial charge is 0.308 e. The Labute approximate surface area is 590 Å². The van der Waals surface area contributed by atoms with Crippen LogP contribution < -0.4 is 0 Å². The molecule has 18 rings (SSSR count). The quantitative estimate of drug-likeness (QED) is 0.135. The third-order valence-electron chi connectivity index (χ3n) is 20.7. The van der Waals surface area contributed by atoms with Gasteiger partial charge in [0, 0.05) is 76.7 Å².